The molecule has 24 heavy (non-hydrogen) atoms. The molecule has 0 spiro atoms. The van der Waals surface area contributed by atoms with Crippen LogP contribution in [0.25, 0.3) is 6.08 Å². The Morgan fingerprint density at radius 3 is 2.75 bits per heavy atom. The lowest BCUT2D eigenvalue weighted by Gasteiger charge is -2.08. The number of anilines is 1. The molecule has 2 rings (SSSR count). The summed E-state index contributed by atoms with van der Waals surface area (Å²) in [6, 6.07) is 9.72. The van der Waals surface area contributed by atoms with Crippen molar-refractivity contribution in [3.8, 4) is 6.07 Å². The number of rotatable bonds is 4. The Labute approximate surface area is 143 Å². The highest BCUT2D eigenvalue weighted by Crippen LogP contribution is 2.23. The number of furan rings is 1. The molecular formula is C17H13ClN2O4. The SMILES string of the molecule is COC(=O)c1ccc(C=C(C#N)C(=O)Nc2cccc(Cl)c2C)o1. The van der Waals surface area contributed by atoms with Gasteiger partial charge in [-0.25, -0.2) is 4.79 Å². The van der Waals surface area contributed by atoms with Crippen LogP contribution in [0.1, 0.15) is 21.9 Å². The van der Waals surface area contributed by atoms with Crippen LogP contribution in [0.3, 0.4) is 0 Å². The number of nitrogens with zero attached hydrogens (tertiary/aromatic N) is 1. The van der Waals surface area contributed by atoms with Gasteiger partial charge in [0, 0.05) is 16.8 Å². The van der Waals surface area contributed by atoms with Crippen molar-refractivity contribution in [1.82, 2.24) is 0 Å². The summed E-state index contributed by atoms with van der Waals surface area (Å²) in [6.45, 7) is 1.75. The summed E-state index contributed by atoms with van der Waals surface area (Å²) in [5.74, 6) is -1.09. The van der Waals surface area contributed by atoms with Crippen LogP contribution in [0.15, 0.2) is 40.3 Å². The van der Waals surface area contributed by atoms with Crippen LogP contribution in [0.2, 0.25) is 5.02 Å². The van der Waals surface area contributed by atoms with E-state index in [1.807, 2.05) is 0 Å². The number of nitriles is 1. The van der Waals surface area contributed by atoms with Gasteiger partial charge in [0.2, 0.25) is 5.76 Å². The third-order valence-electron chi connectivity index (χ3n) is 3.18. The van der Waals surface area contributed by atoms with Crippen LogP contribution in [0.5, 0.6) is 0 Å². The summed E-state index contributed by atoms with van der Waals surface area (Å²) in [5.41, 5.74) is 1.01. The zero-order chi connectivity index (χ0) is 17.7. The van der Waals surface area contributed by atoms with Crippen molar-refractivity contribution in [1.29, 1.82) is 5.26 Å². The number of hydrogen-bond acceptors (Lipinski definition) is 5. The van der Waals surface area contributed by atoms with Gasteiger partial charge in [-0.05, 0) is 36.8 Å². The highest BCUT2D eigenvalue weighted by molar-refractivity contribution is 6.31. The first-order chi connectivity index (χ1) is 11.5. The molecule has 0 saturated carbocycles. The Kier molecular flexibility index (Phi) is 5.40. The summed E-state index contributed by atoms with van der Waals surface area (Å²) in [6.07, 6.45) is 1.24. The molecule has 0 atom stereocenters. The van der Waals surface area contributed by atoms with Gasteiger partial charge in [-0.3, -0.25) is 4.79 Å². The fourth-order valence-electron chi connectivity index (χ4n) is 1.86. The predicted molar refractivity (Wildman–Crippen MR) is 88.5 cm³/mol. The van der Waals surface area contributed by atoms with Crippen molar-refractivity contribution in [2.45, 2.75) is 6.92 Å². The Bertz CT molecular complexity index is 862. The molecule has 2 aromatic rings. The molecule has 6 nitrogen and oxygen atoms in total. The van der Waals surface area contributed by atoms with Gasteiger partial charge in [0.15, 0.2) is 0 Å². The Morgan fingerprint density at radius 1 is 1.33 bits per heavy atom. The summed E-state index contributed by atoms with van der Waals surface area (Å²) in [5, 5.41) is 12.3. The minimum absolute atomic E-state index is 0.0212. The van der Waals surface area contributed by atoms with E-state index in [1.54, 1.807) is 31.2 Å². The van der Waals surface area contributed by atoms with Crippen molar-refractivity contribution in [2.75, 3.05) is 12.4 Å². The molecule has 0 aliphatic heterocycles. The zero-order valence-corrected chi connectivity index (χ0v) is 13.7. The van der Waals surface area contributed by atoms with E-state index >= 15 is 0 Å². The minimum atomic E-state index is -0.646. The number of carbonyl (C=O) groups excluding carboxylic acids is 2. The molecule has 0 bridgehead atoms. The number of benzene rings is 1. The van der Waals surface area contributed by atoms with E-state index in [1.165, 1.54) is 25.3 Å². The second-order valence-corrected chi connectivity index (χ2v) is 5.14. The van der Waals surface area contributed by atoms with Crippen LogP contribution in [0, 0.1) is 18.3 Å². The van der Waals surface area contributed by atoms with Gasteiger partial charge in [-0.1, -0.05) is 17.7 Å². The third kappa shape index (κ3) is 3.83. The summed E-state index contributed by atoms with van der Waals surface area (Å²) in [4.78, 5) is 23.6. The van der Waals surface area contributed by atoms with Crippen molar-refractivity contribution in [3.05, 3.63) is 58.0 Å². The molecule has 1 N–H and O–H groups in total. The highest BCUT2D eigenvalue weighted by Gasteiger charge is 2.14. The lowest BCUT2D eigenvalue weighted by molar-refractivity contribution is -0.112. The van der Waals surface area contributed by atoms with Gasteiger partial charge in [-0.2, -0.15) is 5.26 Å². The summed E-state index contributed by atoms with van der Waals surface area (Å²) < 4.78 is 9.73. The van der Waals surface area contributed by atoms with Crippen LogP contribution in [-0.4, -0.2) is 19.0 Å². The Morgan fingerprint density at radius 2 is 2.08 bits per heavy atom. The largest absolute Gasteiger partial charge is 0.463 e. The van der Waals surface area contributed by atoms with E-state index in [0.717, 1.165) is 0 Å². The summed E-state index contributed by atoms with van der Waals surface area (Å²) >= 11 is 6.00. The second kappa shape index (κ2) is 7.49. The van der Waals surface area contributed by atoms with Gasteiger partial charge in [0.25, 0.3) is 5.91 Å². The van der Waals surface area contributed by atoms with Gasteiger partial charge < -0.3 is 14.5 Å². The van der Waals surface area contributed by atoms with E-state index in [9.17, 15) is 14.9 Å². The zero-order valence-electron chi connectivity index (χ0n) is 12.9. The number of esters is 1. The quantitative estimate of drug-likeness (QED) is 0.520. The monoisotopic (exact) mass is 344 g/mol. The van der Waals surface area contributed by atoms with Crippen molar-refractivity contribution < 1.29 is 18.7 Å². The number of amides is 1. The minimum Gasteiger partial charge on any atom is -0.463 e. The van der Waals surface area contributed by atoms with Crippen LogP contribution >= 0.6 is 11.6 Å². The fourth-order valence-corrected chi connectivity index (χ4v) is 2.04. The number of nitrogens with one attached hydrogen (secondary N) is 1. The molecule has 1 aromatic heterocycles. The van der Waals surface area contributed by atoms with Crippen molar-refractivity contribution in [2.24, 2.45) is 0 Å². The van der Waals surface area contributed by atoms with Crippen LogP contribution in [0.4, 0.5) is 5.69 Å². The average Bonchev–Trinajstić information content (AvgIpc) is 3.04. The lowest BCUT2D eigenvalue weighted by atomic mass is 10.1. The maximum Gasteiger partial charge on any atom is 0.373 e. The maximum atomic E-state index is 12.2. The number of methoxy groups -OCH3 is 1. The molecule has 7 heteroatoms. The Balaban J connectivity index is 2.23. The van der Waals surface area contributed by atoms with Gasteiger partial charge in [0.05, 0.1) is 7.11 Å². The van der Waals surface area contributed by atoms with E-state index < -0.39 is 11.9 Å². The second-order valence-electron chi connectivity index (χ2n) is 4.73. The number of carbonyl (C=O) groups is 2. The standard InChI is InChI=1S/C17H13ClN2O4/c1-10-13(18)4-3-5-14(10)20-16(21)11(9-19)8-12-6-7-15(24-12)17(22)23-2/h3-8H,1-2H3,(H,20,21). The predicted octanol–water partition coefficient (Wildman–Crippen LogP) is 3.57. The maximum absolute atomic E-state index is 12.2. The molecule has 1 amide bonds. The Hall–Kier alpha value is -3.04. The molecule has 0 radical (unpaired) electrons. The van der Waals surface area contributed by atoms with E-state index in [-0.39, 0.29) is 17.1 Å². The fraction of sp³-hybridized carbons (Fsp3) is 0.118. The molecule has 1 heterocycles. The van der Waals surface area contributed by atoms with Crippen molar-refractivity contribution >= 4 is 35.2 Å². The first-order valence-corrected chi connectivity index (χ1v) is 7.20. The number of hydrogen-bond donors (Lipinski definition) is 1. The molecule has 0 unspecified atom stereocenters. The first-order valence-electron chi connectivity index (χ1n) is 6.82. The van der Waals surface area contributed by atoms with E-state index in [2.05, 4.69) is 10.1 Å². The van der Waals surface area contributed by atoms with Crippen LogP contribution in [-0.2, 0) is 9.53 Å². The van der Waals surface area contributed by atoms with E-state index in [4.69, 9.17) is 16.0 Å². The van der Waals surface area contributed by atoms with Crippen LogP contribution < -0.4 is 5.32 Å². The molecule has 1 aromatic carbocycles. The third-order valence-corrected chi connectivity index (χ3v) is 3.59. The average molecular weight is 345 g/mol. The van der Waals surface area contributed by atoms with Gasteiger partial charge in [0.1, 0.15) is 17.4 Å². The smallest absolute Gasteiger partial charge is 0.373 e. The van der Waals surface area contributed by atoms with Gasteiger partial charge in [-0.15, -0.1) is 0 Å². The van der Waals surface area contributed by atoms with E-state index in [0.29, 0.717) is 16.3 Å². The molecule has 0 saturated heterocycles. The molecular weight excluding hydrogens is 332 g/mol. The number of halogens is 1. The number of ether oxygens (including phenoxy) is 1. The molecule has 0 aliphatic carbocycles. The first kappa shape index (κ1) is 17.3. The van der Waals surface area contributed by atoms with Gasteiger partial charge >= 0.3 is 5.97 Å². The molecule has 0 aliphatic rings. The lowest BCUT2D eigenvalue weighted by Crippen LogP contribution is -2.14. The summed E-state index contributed by atoms with van der Waals surface area (Å²) in [7, 11) is 1.22. The highest BCUT2D eigenvalue weighted by atomic mass is 35.5. The van der Waals surface area contributed by atoms with Crippen molar-refractivity contribution in [3.63, 3.8) is 0 Å². The normalized spacial score (nSPS) is 10.8. The molecule has 122 valence electrons. The molecule has 0 fully saturated rings. The topological polar surface area (TPSA) is 92.3 Å².